The Labute approximate surface area is 103 Å². The van der Waals surface area contributed by atoms with Crippen LogP contribution in [0.3, 0.4) is 0 Å². The van der Waals surface area contributed by atoms with E-state index in [1.807, 2.05) is 0 Å². The molecule has 4 heteroatoms. The Morgan fingerprint density at radius 2 is 2.12 bits per heavy atom. The van der Waals surface area contributed by atoms with Gasteiger partial charge < -0.3 is 16.2 Å². The average Bonchev–Trinajstić information content (AvgIpc) is 2.67. The molecule has 0 aromatic rings. The van der Waals surface area contributed by atoms with Crippen LogP contribution in [0, 0.1) is 11.3 Å². The maximum absolute atomic E-state index is 11.8. The van der Waals surface area contributed by atoms with Crippen LogP contribution in [-0.2, 0) is 4.79 Å². The van der Waals surface area contributed by atoms with E-state index in [4.69, 9.17) is 5.73 Å². The van der Waals surface area contributed by atoms with E-state index in [-0.39, 0.29) is 23.3 Å². The summed E-state index contributed by atoms with van der Waals surface area (Å²) < 4.78 is 0. The predicted molar refractivity (Wildman–Crippen MR) is 66.3 cm³/mol. The summed E-state index contributed by atoms with van der Waals surface area (Å²) in [6.45, 7) is 1.24. The normalized spacial score (nSPS) is 30.9. The molecule has 0 bridgehead atoms. The number of amides is 1. The lowest BCUT2D eigenvalue weighted by molar-refractivity contribution is -0.125. The maximum Gasteiger partial charge on any atom is 0.220 e. The van der Waals surface area contributed by atoms with E-state index in [1.165, 1.54) is 6.42 Å². The third kappa shape index (κ3) is 2.99. The zero-order valence-electron chi connectivity index (χ0n) is 10.5. The van der Waals surface area contributed by atoms with Gasteiger partial charge in [0.05, 0.1) is 6.10 Å². The summed E-state index contributed by atoms with van der Waals surface area (Å²) in [7, 11) is 0. The standard InChI is InChI=1S/C13H24N2O2/c14-9-13(5-2-6-13)7-12(17)15-8-10-3-1-4-11(10)16/h10-11,16H,1-9,14H2,(H,15,17). The van der Waals surface area contributed by atoms with Crippen molar-refractivity contribution < 1.29 is 9.90 Å². The molecule has 0 radical (unpaired) electrons. The zero-order valence-corrected chi connectivity index (χ0v) is 10.5. The summed E-state index contributed by atoms with van der Waals surface area (Å²) >= 11 is 0. The molecule has 0 saturated heterocycles. The van der Waals surface area contributed by atoms with Gasteiger partial charge in [-0.15, -0.1) is 0 Å². The van der Waals surface area contributed by atoms with Crippen molar-refractivity contribution in [2.45, 2.75) is 51.0 Å². The zero-order chi connectivity index (χ0) is 12.3. The lowest BCUT2D eigenvalue weighted by Gasteiger charge is -2.40. The minimum absolute atomic E-state index is 0.0817. The second-order valence-electron chi connectivity index (χ2n) is 5.80. The Kier molecular flexibility index (Phi) is 4.05. The fraction of sp³-hybridized carbons (Fsp3) is 0.923. The van der Waals surface area contributed by atoms with E-state index in [2.05, 4.69) is 5.32 Å². The molecule has 0 spiro atoms. The van der Waals surface area contributed by atoms with Crippen LogP contribution in [0.1, 0.15) is 44.9 Å². The van der Waals surface area contributed by atoms with Crippen LogP contribution >= 0.6 is 0 Å². The molecular formula is C13H24N2O2. The van der Waals surface area contributed by atoms with Gasteiger partial charge in [-0.1, -0.05) is 12.8 Å². The van der Waals surface area contributed by atoms with Gasteiger partial charge in [0.1, 0.15) is 0 Å². The second-order valence-corrected chi connectivity index (χ2v) is 5.80. The molecule has 1 amide bonds. The molecule has 4 N–H and O–H groups in total. The van der Waals surface area contributed by atoms with Crippen molar-refractivity contribution in [3.05, 3.63) is 0 Å². The van der Waals surface area contributed by atoms with E-state index in [1.54, 1.807) is 0 Å². The molecule has 2 atom stereocenters. The number of rotatable bonds is 5. The Hall–Kier alpha value is -0.610. The summed E-state index contributed by atoms with van der Waals surface area (Å²) in [5.74, 6) is 0.364. The number of nitrogens with one attached hydrogen (secondary N) is 1. The molecular weight excluding hydrogens is 216 g/mol. The van der Waals surface area contributed by atoms with Crippen LogP contribution in [-0.4, -0.2) is 30.2 Å². The highest BCUT2D eigenvalue weighted by Gasteiger charge is 2.37. The predicted octanol–water partition coefficient (Wildman–Crippen LogP) is 0.783. The minimum Gasteiger partial charge on any atom is -0.393 e. The van der Waals surface area contributed by atoms with Gasteiger partial charge in [0.2, 0.25) is 5.91 Å². The molecule has 2 saturated carbocycles. The summed E-state index contributed by atoms with van der Waals surface area (Å²) in [6.07, 6.45) is 6.71. The fourth-order valence-corrected chi connectivity index (χ4v) is 3.03. The Bertz CT molecular complexity index is 271. The van der Waals surface area contributed by atoms with Crippen molar-refractivity contribution in [1.82, 2.24) is 5.32 Å². The molecule has 0 aromatic carbocycles. The third-order valence-corrected chi connectivity index (χ3v) is 4.56. The number of nitrogens with two attached hydrogens (primary N) is 1. The van der Waals surface area contributed by atoms with Crippen molar-refractivity contribution >= 4 is 5.91 Å². The second kappa shape index (κ2) is 5.36. The minimum atomic E-state index is -0.220. The maximum atomic E-state index is 11.8. The summed E-state index contributed by atoms with van der Waals surface area (Å²) in [5.41, 5.74) is 5.82. The molecule has 17 heavy (non-hydrogen) atoms. The van der Waals surface area contributed by atoms with Crippen molar-refractivity contribution in [3.8, 4) is 0 Å². The van der Waals surface area contributed by atoms with Crippen LogP contribution in [0.2, 0.25) is 0 Å². The molecule has 2 aliphatic rings. The van der Waals surface area contributed by atoms with Gasteiger partial charge in [0.15, 0.2) is 0 Å². The lowest BCUT2D eigenvalue weighted by atomic mass is 9.66. The molecule has 0 aliphatic heterocycles. The number of hydrogen-bond donors (Lipinski definition) is 3. The van der Waals surface area contributed by atoms with Crippen molar-refractivity contribution in [2.24, 2.45) is 17.1 Å². The van der Waals surface area contributed by atoms with Crippen LogP contribution in [0.4, 0.5) is 0 Å². The van der Waals surface area contributed by atoms with Crippen molar-refractivity contribution in [2.75, 3.05) is 13.1 Å². The van der Waals surface area contributed by atoms with Gasteiger partial charge in [-0.25, -0.2) is 0 Å². The first kappa shape index (κ1) is 12.8. The Balaban J connectivity index is 1.70. The summed E-state index contributed by atoms with van der Waals surface area (Å²) in [6, 6.07) is 0. The quantitative estimate of drug-likeness (QED) is 0.665. The molecule has 98 valence electrons. The third-order valence-electron chi connectivity index (χ3n) is 4.56. The fourth-order valence-electron chi connectivity index (χ4n) is 3.03. The number of hydrogen-bond acceptors (Lipinski definition) is 3. The van der Waals surface area contributed by atoms with Crippen molar-refractivity contribution in [1.29, 1.82) is 0 Å². The molecule has 0 heterocycles. The first-order valence-corrected chi connectivity index (χ1v) is 6.80. The van der Waals surface area contributed by atoms with E-state index in [0.29, 0.717) is 19.5 Å². The first-order chi connectivity index (χ1) is 8.15. The Morgan fingerprint density at radius 1 is 1.35 bits per heavy atom. The van der Waals surface area contributed by atoms with Crippen LogP contribution in [0.5, 0.6) is 0 Å². The SMILES string of the molecule is NCC1(CC(=O)NCC2CCCC2O)CCC1. The smallest absolute Gasteiger partial charge is 0.220 e. The van der Waals surface area contributed by atoms with E-state index in [9.17, 15) is 9.90 Å². The number of carbonyl (C=O) groups is 1. The summed E-state index contributed by atoms with van der Waals surface area (Å²) in [4.78, 5) is 11.8. The highest BCUT2D eigenvalue weighted by molar-refractivity contribution is 5.76. The largest absolute Gasteiger partial charge is 0.393 e. The number of carbonyl (C=O) groups excluding carboxylic acids is 1. The van der Waals surface area contributed by atoms with E-state index < -0.39 is 0 Å². The molecule has 2 unspecified atom stereocenters. The topological polar surface area (TPSA) is 75.4 Å². The molecule has 2 aliphatic carbocycles. The van der Waals surface area contributed by atoms with Crippen LogP contribution < -0.4 is 11.1 Å². The average molecular weight is 240 g/mol. The lowest BCUT2D eigenvalue weighted by Crippen LogP contribution is -2.43. The molecule has 2 rings (SSSR count). The van der Waals surface area contributed by atoms with Gasteiger partial charge in [-0.3, -0.25) is 4.79 Å². The molecule has 0 aromatic heterocycles. The number of aliphatic hydroxyl groups excluding tert-OH is 1. The van der Waals surface area contributed by atoms with Crippen molar-refractivity contribution in [3.63, 3.8) is 0 Å². The van der Waals surface area contributed by atoms with Crippen LogP contribution in [0.25, 0.3) is 0 Å². The highest BCUT2D eigenvalue weighted by Crippen LogP contribution is 2.42. The van der Waals surface area contributed by atoms with Gasteiger partial charge in [0.25, 0.3) is 0 Å². The summed E-state index contributed by atoms with van der Waals surface area (Å²) in [5, 5.41) is 12.6. The van der Waals surface area contributed by atoms with Gasteiger partial charge in [-0.05, 0) is 37.6 Å². The monoisotopic (exact) mass is 240 g/mol. The van der Waals surface area contributed by atoms with E-state index >= 15 is 0 Å². The van der Waals surface area contributed by atoms with Gasteiger partial charge in [0, 0.05) is 18.9 Å². The number of aliphatic hydroxyl groups is 1. The highest BCUT2D eigenvalue weighted by atomic mass is 16.3. The first-order valence-electron chi connectivity index (χ1n) is 6.80. The van der Waals surface area contributed by atoms with Gasteiger partial charge in [-0.2, -0.15) is 0 Å². The molecule has 2 fully saturated rings. The van der Waals surface area contributed by atoms with Crippen LogP contribution in [0.15, 0.2) is 0 Å². The molecule has 4 nitrogen and oxygen atoms in total. The Morgan fingerprint density at radius 3 is 2.59 bits per heavy atom. The van der Waals surface area contributed by atoms with E-state index in [0.717, 1.165) is 32.1 Å². The van der Waals surface area contributed by atoms with Gasteiger partial charge >= 0.3 is 0 Å².